The van der Waals surface area contributed by atoms with E-state index in [1.54, 1.807) is 62.5 Å². The van der Waals surface area contributed by atoms with Crippen LogP contribution in [0.2, 0.25) is 0 Å². The van der Waals surface area contributed by atoms with E-state index in [9.17, 15) is 19.5 Å². The Hall–Kier alpha value is -3.67. The fourth-order valence-corrected chi connectivity index (χ4v) is 3.02. The summed E-state index contributed by atoms with van der Waals surface area (Å²) in [6.07, 6.45) is 1.27. The maximum Gasteiger partial charge on any atom is 0.265 e. The van der Waals surface area contributed by atoms with Crippen LogP contribution in [0.1, 0.15) is 34.6 Å². The number of benzene rings is 2. The van der Waals surface area contributed by atoms with E-state index in [1.807, 2.05) is 0 Å². The number of fused-ring (bicyclic) bond motifs is 1. The van der Waals surface area contributed by atoms with E-state index in [-0.39, 0.29) is 17.1 Å². The number of nitrogens with one attached hydrogen (secondary N) is 1. The monoisotopic (exact) mass is 376 g/mol. The normalized spacial score (nSPS) is 11.5. The fraction of sp³-hybridized carbons (Fsp3) is 0.136. The second-order valence-electron chi connectivity index (χ2n) is 6.56. The van der Waals surface area contributed by atoms with Crippen molar-refractivity contribution in [2.75, 3.05) is 5.32 Å². The molecule has 0 spiro atoms. The molecule has 0 radical (unpaired) electrons. The summed E-state index contributed by atoms with van der Waals surface area (Å²) in [4.78, 5) is 36.6. The number of para-hydroxylation sites is 1. The molecular formula is C22H20N2O4. The first-order chi connectivity index (χ1) is 13.3. The zero-order valence-corrected chi connectivity index (χ0v) is 15.8. The summed E-state index contributed by atoms with van der Waals surface area (Å²) in [6, 6.07) is 13.7. The number of aryl methyl sites for hydroxylation is 1. The second kappa shape index (κ2) is 7.52. The Kier molecular flexibility index (Phi) is 5.13. The minimum absolute atomic E-state index is 0.0309. The second-order valence-corrected chi connectivity index (χ2v) is 6.56. The lowest BCUT2D eigenvalue weighted by Crippen LogP contribution is -2.24. The summed E-state index contributed by atoms with van der Waals surface area (Å²) in [7, 11) is 1.56. The molecule has 0 saturated carbocycles. The van der Waals surface area contributed by atoms with Gasteiger partial charge in [0.05, 0.1) is 5.52 Å². The number of rotatable bonds is 5. The van der Waals surface area contributed by atoms with E-state index in [2.05, 4.69) is 5.32 Å². The Morgan fingerprint density at radius 1 is 1.04 bits per heavy atom. The maximum absolute atomic E-state index is 12.7. The molecule has 0 bridgehead atoms. The lowest BCUT2D eigenvalue weighted by atomic mass is 10.1. The number of anilines is 1. The van der Waals surface area contributed by atoms with Crippen LogP contribution in [-0.2, 0) is 7.05 Å². The predicted molar refractivity (Wildman–Crippen MR) is 109 cm³/mol. The molecule has 0 aliphatic rings. The molecule has 0 unspecified atom stereocenters. The van der Waals surface area contributed by atoms with Gasteiger partial charge in [-0.05, 0) is 50.2 Å². The van der Waals surface area contributed by atoms with Crippen molar-refractivity contribution in [1.29, 1.82) is 0 Å². The number of aromatic nitrogens is 1. The molecule has 0 aliphatic heterocycles. The molecule has 6 heteroatoms. The number of pyridine rings is 1. The summed E-state index contributed by atoms with van der Waals surface area (Å²) < 4.78 is 1.35. The molecule has 0 amide bonds. The average molecular weight is 376 g/mol. The summed E-state index contributed by atoms with van der Waals surface area (Å²) in [5.41, 5.74) is 1.50. The Balaban J connectivity index is 1.93. The Morgan fingerprint density at radius 2 is 1.68 bits per heavy atom. The highest BCUT2D eigenvalue weighted by molar-refractivity contribution is 6.09. The quantitative estimate of drug-likeness (QED) is 0.524. The third-order valence-electron chi connectivity index (χ3n) is 4.50. The number of hydrogen-bond donors (Lipinski definition) is 2. The lowest BCUT2D eigenvalue weighted by molar-refractivity contribution is 0.101. The van der Waals surface area contributed by atoms with Gasteiger partial charge < -0.3 is 15.0 Å². The highest BCUT2D eigenvalue weighted by atomic mass is 16.3. The number of carbonyl (C=O) groups excluding carboxylic acids is 2. The molecule has 3 rings (SSSR count). The van der Waals surface area contributed by atoms with Crippen LogP contribution in [0.3, 0.4) is 0 Å². The van der Waals surface area contributed by atoms with Crippen LogP contribution in [0.5, 0.6) is 5.75 Å². The van der Waals surface area contributed by atoms with Crippen molar-refractivity contribution in [3.05, 3.63) is 81.8 Å². The number of nitrogens with zero attached hydrogens (tertiary/aromatic N) is 1. The minimum atomic E-state index is -0.589. The number of Topliss-reactive ketones (excluding diaryl/α,β-unsaturated/α-hetero) is 1. The zero-order chi connectivity index (χ0) is 20.4. The minimum Gasteiger partial charge on any atom is -0.506 e. The van der Waals surface area contributed by atoms with Crippen molar-refractivity contribution in [3.63, 3.8) is 0 Å². The van der Waals surface area contributed by atoms with Gasteiger partial charge in [0.15, 0.2) is 11.6 Å². The molecule has 1 aromatic heterocycles. The van der Waals surface area contributed by atoms with Gasteiger partial charge >= 0.3 is 0 Å². The topological polar surface area (TPSA) is 88.4 Å². The molecular weight excluding hydrogens is 356 g/mol. The van der Waals surface area contributed by atoms with Gasteiger partial charge in [-0.15, -0.1) is 0 Å². The molecule has 0 aliphatic carbocycles. The summed E-state index contributed by atoms with van der Waals surface area (Å²) >= 11 is 0. The van der Waals surface area contributed by atoms with Crippen molar-refractivity contribution in [3.8, 4) is 5.75 Å². The Labute approximate surface area is 161 Å². The van der Waals surface area contributed by atoms with Gasteiger partial charge in [-0.2, -0.15) is 0 Å². The smallest absolute Gasteiger partial charge is 0.265 e. The number of carbonyl (C=O) groups is 2. The van der Waals surface area contributed by atoms with Crippen LogP contribution in [0.25, 0.3) is 10.9 Å². The van der Waals surface area contributed by atoms with E-state index < -0.39 is 11.3 Å². The molecule has 2 N–H and O–H groups in total. The molecule has 142 valence electrons. The van der Waals surface area contributed by atoms with Crippen LogP contribution in [0.4, 0.5) is 5.69 Å². The third kappa shape index (κ3) is 3.57. The van der Waals surface area contributed by atoms with Crippen LogP contribution in [0, 0.1) is 0 Å². The van der Waals surface area contributed by atoms with Gasteiger partial charge in [0.1, 0.15) is 11.3 Å². The van der Waals surface area contributed by atoms with Gasteiger partial charge in [-0.25, -0.2) is 0 Å². The van der Waals surface area contributed by atoms with Crippen LogP contribution in [0.15, 0.2) is 65.1 Å². The summed E-state index contributed by atoms with van der Waals surface area (Å²) in [6.45, 7) is 3.17. The first kappa shape index (κ1) is 19.1. The van der Waals surface area contributed by atoms with E-state index in [1.165, 1.54) is 17.6 Å². The Bertz CT molecular complexity index is 1170. The average Bonchev–Trinajstić information content (AvgIpc) is 2.66. The summed E-state index contributed by atoms with van der Waals surface area (Å²) in [5, 5.41) is 14.0. The van der Waals surface area contributed by atoms with Crippen molar-refractivity contribution < 1.29 is 14.7 Å². The summed E-state index contributed by atoms with van der Waals surface area (Å²) in [5.74, 6) is -0.940. The zero-order valence-electron chi connectivity index (χ0n) is 15.8. The first-order valence-electron chi connectivity index (χ1n) is 8.71. The largest absolute Gasteiger partial charge is 0.506 e. The number of ketones is 2. The van der Waals surface area contributed by atoms with Crippen molar-refractivity contribution >= 4 is 28.2 Å². The van der Waals surface area contributed by atoms with Crippen LogP contribution >= 0.6 is 0 Å². The predicted octanol–water partition coefficient (Wildman–Crippen LogP) is 3.65. The fourth-order valence-electron chi connectivity index (χ4n) is 3.02. The molecule has 28 heavy (non-hydrogen) atoms. The highest BCUT2D eigenvalue weighted by Crippen LogP contribution is 2.26. The molecule has 0 atom stereocenters. The van der Waals surface area contributed by atoms with E-state index >= 15 is 0 Å². The van der Waals surface area contributed by atoms with Gasteiger partial charge in [-0.3, -0.25) is 14.4 Å². The molecule has 0 fully saturated rings. The third-order valence-corrected chi connectivity index (χ3v) is 4.50. The van der Waals surface area contributed by atoms with E-state index in [0.29, 0.717) is 27.9 Å². The van der Waals surface area contributed by atoms with Crippen molar-refractivity contribution in [2.24, 2.45) is 7.05 Å². The molecule has 1 heterocycles. The van der Waals surface area contributed by atoms with Gasteiger partial charge in [-0.1, -0.05) is 12.1 Å². The maximum atomic E-state index is 12.7. The molecule has 6 nitrogen and oxygen atoms in total. The van der Waals surface area contributed by atoms with Gasteiger partial charge in [0, 0.05) is 35.5 Å². The van der Waals surface area contributed by atoms with Crippen molar-refractivity contribution in [1.82, 2.24) is 4.57 Å². The van der Waals surface area contributed by atoms with E-state index in [4.69, 9.17) is 0 Å². The van der Waals surface area contributed by atoms with E-state index in [0.717, 1.165) is 0 Å². The SMILES string of the molecule is CC(=O)c1ccc(N/C(C)=C\C(=O)c2c(O)c3ccccc3n(C)c2=O)cc1. The van der Waals surface area contributed by atoms with Crippen LogP contribution in [-0.4, -0.2) is 21.2 Å². The van der Waals surface area contributed by atoms with Gasteiger partial charge in [0.2, 0.25) is 0 Å². The van der Waals surface area contributed by atoms with Crippen LogP contribution < -0.4 is 10.9 Å². The standard InChI is InChI=1S/C22H20N2O4/c1-13(23-16-10-8-15(9-11-16)14(2)25)12-19(26)20-21(27)17-6-4-5-7-18(17)24(3)22(20)28/h4-12,23,27H,1-3H3/b13-12-. The number of allylic oxidation sites excluding steroid dienone is 2. The molecule has 0 saturated heterocycles. The first-order valence-corrected chi connectivity index (χ1v) is 8.71. The molecule has 2 aromatic carbocycles. The lowest BCUT2D eigenvalue weighted by Gasteiger charge is -2.11. The van der Waals surface area contributed by atoms with Gasteiger partial charge in [0.25, 0.3) is 5.56 Å². The highest BCUT2D eigenvalue weighted by Gasteiger charge is 2.19. The van der Waals surface area contributed by atoms with Crippen molar-refractivity contribution in [2.45, 2.75) is 13.8 Å². The molecule has 3 aromatic rings. The Morgan fingerprint density at radius 3 is 2.32 bits per heavy atom. The number of aromatic hydroxyl groups is 1. The number of hydrogen-bond acceptors (Lipinski definition) is 5.